The molecule has 2 amide bonds. The van der Waals surface area contributed by atoms with Crippen molar-refractivity contribution in [3.05, 3.63) is 33.9 Å². The molecule has 0 saturated heterocycles. The Labute approximate surface area is 157 Å². The first-order valence-electron chi connectivity index (χ1n) is 8.27. The third kappa shape index (κ3) is 6.91. The van der Waals surface area contributed by atoms with E-state index in [1.807, 2.05) is 13.8 Å². The summed E-state index contributed by atoms with van der Waals surface area (Å²) in [6.07, 6.45) is 0.816. The molecule has 0 saturated carbocycles. The molecule has 0 aromatic heterocycles. The van der Waals surface area contributed by atoms with Crippen molar-refractivity contribution in [2.75, 3.05) is 12.9 Å². The van der Waals surface area contributed by atoms with E-state index in [0.29, 0.717) is 5.75 Å². The molecule has 0 heterocycles. The van der Waals surface area contributed by atoms with Crippen LogP contribution >= 0.6 is 11.8 Å². The van der Waals surface area contributed by atoms with E-state index in [-0.39, 0.29) is 35.0 Å². The van der Waals surface area contributed by atoms with Crippen LogP contribution < -0.4 is 15.4 Å². The first-order valence-corrected chi connectivity index (χ1v) is 9.42. The van der Waals surface area contributed by atoms with E-state index in [1.54, 1.807) is 13.0 Å². The van der Waals surface area contributed by atoms with E-state index in [4.69, 9.17) is 4.74 Å². The lowest BCUT2D eigenvalue weighted by molar-refractivity contribution is -0.385. The van der Waals surface area contributed by atoms with Crippen LogP contribution in [0.1, 0.15) is 32.8 Å². The molecule has 8 nitrogen and oxygen atoms in total. The van der Waals surface area contributed by atoms with Gasteiger partial charge >= 0.3 is 5.69 Å². The Hall–Kier alpha value is -2.29. The van der Waals surface area contributed by atoms with Gasteiger partial charge in [-0.15, -0.1) is 11.8 Å². The van der Waals surface area contributed by atoms with Gasteiger partial charge in [0.25, 0.3) is 0 Å². The first kappa shape index (κ1) is 21.8. The molecule has 0 fully saturated rings. The number of carbonyl (C=O) groups excluding carboxylic acids is 2. The quantitative estimate of drug-likeness (QED) is 0.474. The van der Waals surface area contributed by atoms with Gasteiger partial charge < -0.3 is 15.4 Å². The van der Waals surface area contributed by atoms with Crippen LogP contribution in [0, 0.1) is 10.1 Å². The molecular weight excluding hydrogens is 358 g/mol. The van der Waals surface area contributed by atoms with Crippen molar-refractivity contribution in [2.45, 2.75) is 45.0 Å². The average molecular weight is 383 g/mol. The fourth-order valence-corrected chi connectivity index (χ4v) is 2.83. The molecule has 2 atom stereocenters. The zero-order chi connectivity index (χ0) is 19.7. The molecule has 0 aliphatic heterocycles. The van der Waals surface area contributed by atoms with Crippen LogP contribution in [-0.2, 0) is 15.3 Å². The minimum absolute atomic E-state index is 0.0575. The summed E-state index contributed by atoms with van der Waals surface area (Å²) in [6, 6.07) is 4.14. The number of nitro groups is 1. The summed E-state index contributed by atoms with van der Waals surface area (Å²) in [5.74, 6) is 0.308. The SMILES string of the molecule is CCC(C)NC(=O)C(C)NC(=O)CSCc1ccc(OC)c([N+](=O)[O-])c1. The zero-order valence-corrected chi connectivity index (χ0v) is 16.2. The number of benzene rings is 1. The maximum absolute atomic E-state index is 11.9. The second kappa shape index (κ2) is 10.6. The lowest BCUT2D eigenvalue weighted by Gasteiger charge is -2.17. The normalized spacial score (nSPS) is 12.8. The number of nitrogens with one attached hydrogen (secondary N) is 2. The van der Waals surface area contributed by atoms with Gasteiger partial charge in [0.15, 0.2) is 5.75 Å². The summed E-state index contributed by atoms with van der Waals surface area (Å²) in [5, 5.41) is 16.5. The molecule has 144 valence electrons. The monoisotopic (exact) mass is 383 g/mol. The molecule has 0 bridgehead atoms. The van der Waals surface area contributed by atoms with Crippen molar-refractivity contribution in [3.63, 3.8) is 0 Å². The van der Waals surface area contributed by atoms with E-state index in [2.05, 4.69) is 10.6 Å². The molecule has 1 aromatic rings. The number of hydrogen-bond donors (Lipinski definition) is 2. The second-order valence-electron chi connectivity index (χ2n) is 5.86. The van der Waals surface area contributed by atoms with Crippen LogP contribution in [0.15, 0.2) is 18.2 Å². The number of carbonyl (C=O) groups is 2. The minimum Gasteiger partial charge on any atom is -0.490 e. The Morgan fingerprint density at radius 2 is 2.00 bits per heavy atom. The fourth-order valence-electron chi connectivity index (χ4n) is 2.05. The van der Waals surface area contributed by atoms with Gasteiger partial charge in [-0.2, -0.15) is 0 Å². The molecule has 0 spiro atoms. The third-order valence-electron chi connectivity index (χ3n) is 3.71. The summed E-state index contributed by atoms with van der Waals surface area (Å²) in [6.45, 7) is 5.50. The molecule has 1 rings (SSSR count). The summed E-state index contributed by atoms with van der Waals surface area (Å²) in [5.41, 5.74) is 0.614. The Morgan fingerprint density at radius 1 is 1.31 bits per heavy atom. The van der Waals surface area contributed by atoms with Crippen LogP contribution in [0.4, 0.5) is 5.69 Å². The highest BCUT2D eigenvalue weighted by atomic mass is 32.2. The summed E-state index contributed by atoms with van der Waals surface area (Å²) in [7, 11) is 1.37. The highest BCUT2D eigenvalue weighted by Gasteiger charge is 2.18. The Bertz CT molecular complexity index is 653. The second-order valence-corrected chi connectivity index (χ2v) is 6.85. The van der Waals surface area contributed by atoms with Gasteiger partial charge in [-0.05, 0) is 31.9 Å². The molecular formula is C17H25N3O5S. The van der Waals surface area contributed by atoms with Crippen molar-refractivity contribution in [1.29, 1.82) is 0 Å². The topological polar surface area (TPSA) is 111 Å². The zero-order valence-electron chi connectivity index (χ0n) is 15.4. The van der Waals surface area contributed by atoms with Crippen molar-refractivity contribution in [3.8, 4) is 5.75 Å². The van der Waals surface area contributed by atoms with E-state index in [0.717, 1.165) is 12.0 Å². The van der Waals surface area contributed by atoms with Gasteiger partial charge in [0.1, 0.15) is 6.04 Å². The molecule has 0 aliphatic rings. The maximum atomic E-state index is 11.9. The van der Waals surface area contributed by atoms with Crippen LogP contribution in [0.25, 0.3) is 0 Å². The van der Waals surface area contributed by atoms with Gasteiger partial charge in [-0.3, -0.25) is 19.7 Å². The standard InChI is InChI=1S/C17H25N3O5S/c1-5-11(2)18-17(22)12(3)19-16(21)10-26-9-13-6-7-15(25-4)14(8-13)20(23)24/h6-8,11-12H,5,9-10H2,1-4H3,(H,18,22)(H,19,21). The summed E-state index contributed by atoms with van der Waals surface area (Å²) < 4.78 is 4.96. The highest BCUT2D eigenvalue weighted by Crippen LogP contribution is 2.28. The summed E-state index contributed by atoms with van der Waals surface area (Å²) >= 11 is 1.31. The number of rotatable bonds is 10. The number of amides is 2. The van der Waals surface area contributed by atoms with Gasteiger partial charge in [0.2, 0.25) is 11.8 Å². The van der Waals surface area contributed by atoms with Gasteiger partial charge in [0.05, 0.1) is 17.8 Å². The lowest BCUT2D eigenvalue weighted by Crippen LogP contribution is -2.47. The van der Waals surface area contributed by atoms with Crippen molar-refractivity contribution in [1.82, 2.24) is 10.6 Å². The predicted octanol–water partition coefficient (Wildman–Crippen LogP) is 2.26. The third-order valence-corrected chi connectivity index (χ3v) is 4.72. The fraction of sp³-hybridized carbons (Fsp3) is 0.529. The smallest absolute Gasteiger partial charge is 0.311 e. The van der Waals surface area contributed by atoms with Crippen LogP contribution in [-0.4, -0.2) is 41.7 Å². The lowest BCUT2D eigenvalue weighted by atomic mass is 10.2. The van der Waals surface area contributed by atoms with Crippen LogP contribution in [0.2, 0.25) is 0 Å². The number of thioether (sulfide) groups is 1. The van der Waals surface area contributed by atoms with Crippen molar-refractivity contribution < 1.29 is 19.2 Å². The molecule has 2 unspecified atom stereocenters. The van der Waals surface area contributed by atoms with Crippen molar-refractivity contribution >= 4 is 29.3 Å². The number of ether oxygens (including phenoxy) is 1. The number of nitro benzene ring substituents is 1. The number of methoxy groups -OCH3 is 1. The summed E-state index contributed by atoms with van der Waals surface area (Å²) in [4.78, 5) is 34.3. The number of nitrogens with zero attached hydrogens (tertiary/aromatic N) is 1. The Balaban J connectivity index is 2.48. The van der Waals surface area contributed by atoms with E-state index in [9.17, 15) is 19.7 Å². The van der Waals surface area contributed by atoms with Gasteiger partial charge in [-0.1, -0.05) is 13.0 Å². The minimum atomic E-state index is -0.612. The van der Waals surface area contributed by atoms with E-state index >= 15 is 0 Å². The van der Waals surface area contributed by atoms with Gasteiger partial charge in [0, 0.05) is 17.9 Å². The van der Waals surface area contributed by atoms with Crippen molar-refractivity contribution in [2.24, 2.45) is 0 Å². The molecule has 26 heavy (non-hydrogen) atoms. The molecule has 2 N–H and O–H groups in total. The Morgan fingerprint density at radius 3 is 2.58 bits per heavy atom. The Kier molecular flexibility index (Phi) is 8.91. The molecule has 9 heteroatoms. The van der Waals surface area contributed by atoms with Crippen LogP contribution in [0.5, 0.6) is 5.75 Å². The van der Waals surface area contributed by atoms with E-state index < -0.39 is 11.0 Å². The highest BCUT2D eigenvalue weighted by molar-refractivity contribution is 7.99. The number of hydrogen-bond acceptors (Lipinski definition) is 6. The average Bonchev–Trinajstić information content (AvgIpc) is 2.61. The van der Waals surface area contributed by atoms with E-state index in [1.165, 1.54) is 31.0 Å². The maximum Gasteiger partial charge on any atom is 0.311 e. The van der Waals surface area contributed by atoms with Gasteiger partial charge in [-0.25, -0.2) is 0 Å². The molecule has 0 aliphatic carbocycles. The molecule has 1 aromatic carbocycles. The van der Waals surface area contributed by atoms with Crippen LogP contribution in [0.3, 0.4) is 0 Å². The molecule has 0 radical (unpaired) electrons. The first-order chi connectivity index (χ1) is 12.3. The predicted molar refractivity (Wildman–Crippen MR) is 101 cm³/mol. The largest absolute Gasteiger partial charge is 0.490 e.